The average Bonchev–Trinajstić information content (AvgIpc) is 3.36. The standard InChI is InChI=1S/C22H23FN6O2/c1-12-11-30-19-10-29-20-18(8-25-29)13(2)26-16-3-4-17(6-16)31-22-14(5-15(23)7-24-22)9-28(12)21(19)27-20/h5,7-8,10,12,16-17,26H,2-4,6,9,11H2,1H3/t12-,16-,17+/m1/s1. The molecular weight excluding hydrogens is 399 g/mol. The molecule has 1 fully saturated rings. The smallest absolute Gasteiger partial charge is 0.218 e. The van der Waals surface area contributed by atoms with Gasteiger partial charge in [-0.3, -0.25) is 0 Å². The molecule has 0 spiro atoms. The van der Waals surface area contributed by atoms with E-state index in [0.29, 0.717) is 41.8 Å². The number of hydrogen-bond acceptors (Lipinski definition) is 7. The van der Waals surface area contributed by atoms with Crippen LogP contribution in [0.4, 0.5) is 10.2 Å². The summed E-state index contributed by atoms with van der Waals surface area (Å²) in [5.74, 6) is 1.43. The minimum atomic E-state index is -0.381. The average molecular weight is 422 g/mol. The molecule has 0 radical (unpaired) electrons. The Morgan fingerprint density at radius 1 is 1.29 bits per heavy atom. The van der Waals surface area contributed by atoms with E-state index in [4.69, 9.17) is 14.5 Å². The van der Waals surface area contributed by atoms with E-state index in [0.717, 1.165) is 30.5 Å². The van der Waals surface area contributed by atoms with Gasteiger partial charge in [-0.1, -0.05) is 6.58 Å². The van der Waals surface area contributed by atoms with Crippen LogP contribution in [-0.4, -0.2) is 44.4 Å². The Balaban J connectivity index is 1.53. The molecule has 1 N–H and O–H groups in total. The second kappa shape index (κ2) is 6.83. The number of nitrogens with zero attached hydrogens (tertiary/aromatic N) is 5. The lowest BCUT2D eigenvalue weighted by Crippen LogP contribution is -2.41. The molecule has 3 aromatic rings. The van der Waals surface area contributed by atoms with Crippen LogP contribution in [0.2, 0.25) is 0 Å². The summed E-state index contributed by atoms with van der Waals surface area (Å²) >= 11 is 0. The number of rotatable bonds is 0. The quantitative estimate of drug-likeness (QED) is 0.597. The predicted molar refractivity (Wildman–Crippen MR) is 113 cm³/mol. The first kappa shape index (κ1) is 18.4. The van der Waals surface area contributed by atoms with Crippen molar-refractivity contribution in [2.24, 2.45) is 0 Å². The molecule has 3 aliphatic rings. The van der Waals surface area contributed by atoms with Gasteiger partial charge in [0.2, 0.25) is 5.88 Å². The fourth-order valence-electron chi connectivity index (χ4n) is 4.68. The summed E-state index contributed by atoms with van der Waals surface area (Å²) in [6.45, 7) is 7.21. The van der Waals surface area contributed by atoms with Gasteiger partial charge < -0.3 is 19.7 Å². The normalized spacial score (nSPS) is 24.9. The van der Waals surface area contributed by atoms with E-state index in [1.165, 1.54) is 12.3 Å². The molecule has 1 aliphatic carbocycles. The summed E-state index contributed by atoms with van der Waals surface area (Å²) < 4.78 is 28.0. The molecule has 5 heterocycles. The lowest BCUT2D eigenvalue weighted by Gasteiger charge is -2.36. The van der Waals surface area contributed by atoms with Crippen molar-refractivity contribution >= 4 is 17.2 Å². The van der Waals surface area contributed by atoms with E-state index in [-0.39, 0.29) is 24.0 Å². The summed E-state index contributed by atoms with van der Waals surface area (Å²) in [4.78, 5) is 11.3. The molecule has 160 valence electrons. The van der Waals surface area contributed by atoms with Crippen LogP contribution in [0.5, 0.6) is 11.6 Å². The largest absolute Gasteiger partial charge is 0.486 e. The van der Waals surface area contributed by atoms with E-state index < -0.39 is 0 Å². The number of ether oxygens (including phenoxy) is 2. The van der Waals surface area contributed by atoms with Crippen LogP contribution in [0.3, 0.4) is 0 Å². The van der Waals surface area contributed by atoms with E-state index >= 15 is 0 Å². The molecule has 3 aromatic heterocycles. The van der Waals surface area contributed by atoms with E-state index in [9.17, 15) is 4.39 Å². The Morgan fingerprint density at radius 2 is 2.19 bits per heavy atom. The molecule has 4 bridgehead atoms. The zero-order chi connectivity index (χ0) is 21.1. The van der Waals surface area contributed by atoms with Crippen molar-refractivity contribution in [1.29, 1.82) is 0 Å². The molecular formula is C22H23FN6O2. The van der Waals surface area contributed by atoms with Crippen molar-refractivity contribution in [2.45, 2.75) is 50.9 Å². The van der Waals surface area contributed by atoms with Gasteiger partial charge in [-0.25, -0.2) is 18.9 Å². The van der Waals surface area contributed by atoms with Crippen LogP contribution in [-0.2, 0) is 6.54 Å². The van der Waals surface area contributed by atoms with Crippen LogP contribution in [0.15, 0.2) is 31.2 Å². The summed E-state index contributed by atoms with van der Waals surface area (Å²) in [5.41, 5.74) is 3.06. The van der Waals surface area contributed by atoms with Gasteiger partial charge in [0.15, 0.2) is 17.2 Å². The zero-order valence-corrected chi connectivity index (χ0v) is 17.2. The zero-order valence-electron chi connectivity index (χ0n) is 17.2. The van der Waals surface area contributed by atoms with Crippen LogP contribution in [0.25, 0.3) is 11.3 Å². The minimum Gasteiger partial charge on any atom is -0.486 e. The maximum atomic E-state index is 14.1. The summed E-state index contributed by atoms with van der Waals surface area (Å²) in [5, 5.41) is 7.98. The third-order valence-corrected chi connectivity index (χ3v) is 6.32. The highest BCUT2D eigenvalue weighted by atomic mass is 19.1. The van der Waals surface area contributed by atoms with Crippen molar-refractivity contribution < 1.29 is 13.9 Å². The second-order valence-corrected chi connectivity index (χ2v) is 8.53. The summed E-state index contributed by atoms with van der Waals surface area (Å²) in [7, 11) is 0. The Bertz CT molecular complexity index is 1190. The molecule has 9 heteroatoms. The van der Waals surface area contributed by atoms with Crippen LogP contribution in [0, 0.1) is 5.82 Å². The maximum absolute atomic E-state index is 14.1. The lowest BCUT2D eigenvalue weighted by atomic mass is 10.1. The van der Waals surface area contributed by atoms with Crippen LogP contribution < -0.4 is 19.7 Å². The minimum absolute atomic E-state index is 0.0192. The van der Waals surface area contributed by atoms with Gasteiger partial charge in [-0.05, 0) is 25.8 Å². The molecule has 1 saturated carbocycles. The number of pyridine rings is 1. The SMILES string of the molecule is C=C1N[C@@H]2CC[C@@H](C2)Oc2ncc(F)cc2CN2c3nc4c1cnn4cc3OC[C@H]2C. The Hall–Kier alpha value is -3.36. The second-order valence-electron chi connectivity index (χ2n) is 8.53. The third-order valence-electron chi connectivity index (χ3n) is 6.32. The topological polar surface area (TPSA) is 76.8 Å². The van der Waals surface area contributed by atoms with Crippen LogP contribution >= 0.6 is 0 Å². The molecule has 3 atom stereocenters. The van der Waals surface area contributed by atoms with Crippen molar-refractivity contribution in [3.8, 4) is 11.6 Å². The highest BCUT2D eigenvalue weighted by Crippen LogP contribution is 2.36. The van der Waals surface area contributed by atoms with Crippen molar-refractivity contribution in [2.75, 3.05) is 11.5 Å². The Morgan fingerprint density at radius 3 is 3.10 bits per heavy atom. The van der Waals surface area contributed by atoms with E-state index in [2.05, 4.69) is 33.8 Å². The summed E-state index contributed by atoms with van der Waals surface area (Å²) in [6, 6.07) is 1.78. The van der Waals surface area contributed by atoms with Crippen molar-refractivity contribution in [3.05, 3.63) is 48.2 Å². The van der Waals surface area contributed by atoms with Gasteiger partial charge in [-0.15, -0.1) is 0 Å². The third kappa shape index (κ3) is 3.07. The molecule has 0 saturated heterocycles. The predicted octanol–water partition coefficient (Wildman–Crippen LogP) is 2.92. The van der Waals surface area contributed by atoms with Gasteiger partial charge in [-0.2, -0.15) is 5.10 Å². The fourth-order valence-corrected chi connectivity index (χ4v) is 4.68. The number of anilines is 1. The lowest BCUT2D eigenvalue weighted by molar-refractivity contribution is 0.195. The molecule has 0 aromatic carbocycles. The van der Waals surface area contributed by atoms with Crippen molar-refractivity contribution in [3.63, 3.8) is 0 Å². The first-order valence-electron chi connectivity index (χ1n) is 10.6. The number of fused-ring (bicyclic) bond motifs is 3. The van der Waals surface area contributed by atoms with Gasteiger partial charge in [0.05, 0.1) is 36.7 Å². The maximum Gasteiger partial charge on any atom is 0.218 e. The number of hydrogen-bond donors (Lipinski definition) is 1. The number of halogens is 1. The van der Waals surface area contributed by atoms with Gasteiger partial charge >= 0.3 is 0 Å². The van der Waals surface area contributed by atoms with Gasteiger partial charge in [0.25, 0.3) is 0 Å². The van der Waals surface area contributed by atoms with Gasteiger partial charge in [0, 0.05) is 23.7 Å². The first-order valence-corrected chi connectivity index (χ1v) is 10.6. The number of aromatic nitrogens is 4. The molecule has 0 unspecified atom stereocenters. The molecule has 6 rings (SSSR count). The van der Waals surface area contributed by atoms with E-state index in [1.54, 1.807) is 10.7 Å². The van der Waals surface area contributed by atoms with E-state index in [1.807, 2.05) is 6.20 Å². The van der Waals surface area contributed by atoms with Crippen molar-refractivity contribution in [1.82, 2.24) is 24.9 Å². The highest BCUT2D eigenvalue weighted by Gasteiger charge is 2.32. The molecule has 0 amide bonds. The Labute approximate surface area is 178 Å². The Kier molecular flexibility index (Phi) is 4.06. The summed E-state index contributed by atoms with van der Waals surface area (Å²) in [6.07, 6.45) is 7.53. The molecule has 31 heavy (non-hydrogen) atoms. The molecule has 2 aliphatic heterocycles. The first-order chi connectivity index (χ1) is 15.0. The monoisotopic (exact) mass is 422 g/mol. The molecule has 8 nitrogen and oxygen atoms in total. The fraction of sp³-hybridized carbons (Fsp3) is 0.409. The highest BCUT2D eigenvalue weighted by molar-refractivity contribution is 5.75. The van der Waals surface area contributed by atoms with Crippen LogP contribution in [0.1, 0.15) is 37.3 Å². The number of nitrogens with one attached hydrogen (secondary N) is 1. The van der Waals surface area contributed by atoms with Gasteiger partial charge in [0.1, 0.15) is 18.5 Å².